The number of nitrogens with zero attached hydrogens (tertiary/aromatic N) is 4. The van der Waals surface area contributed by atoms with Gasteiger partial charge in [0.15, 0.2) is 5.76 Å². The zero-order chi connectivity index (χ0) is 25.9. The largest absolute Gasteiger partial charge is 0.454 e. The molecule has 192 valence electrons. The summed E-state index contributed by atoms with van der Waals surface area (Å²) in [4.78, 5) is 39.3. The van der Waals surface area contributed by atoms with Crippen molar-refractivity contribution in [2.45, 2.75) is 19.4 Å². The quantitative estimate of drug-likeness (QED) is 0.333. The minimum Gasteiger partial charge on any atom is -0.454 e. The Labute approximate surface area is 223 Å². The van der Waals surface area contributed by atoms with Gasteiger partial charge in [-0.3, -0.25) is 19.9 Å². The second-order valence-corrected chi connectivity index (χ2v) is 10.4. The van der Waals surface area contributed by atoms with Crippen LogP contribution < -0.4 is 15.5 Å². The van der Waals surface area contributed by atoms with Crippen LogP contribution in [0.5, 0.6) is 0 Å². The van der Waals surface area contributed by atoms with Gasteiger partial charge in [0.25, 0.3) is 11.1 Å². The van der Waals surface area contributed by atoms with Crippen LogP contribution in [-0.4, -0.2) is 45.7 Å². The number of carbonyl (C=O) groups is 2. The van der Waals surface area contributed by atoms with Crippen LogP contribution in [-0.2, 0) is 11.3 Å². The topological polar surface area (TPSA) is 113 Å². The summed E-state index contributed by atoms with van der Waals surface area (Å²) in [6.07, 6.45) is 7.30. The SMILES string of the molecule is O=C1NC(=O)/C(=C\c2ccnc(N3CCC(CNCc4ccc(-c5cc6ccccc6o5)nc4)CC3)n2)S1. The lowest BCUT2D eigenvalue weighted by atomic mass is 9.97. The molecule has 6 rings (SSSR count). The van der Waals surface area contributed by atoms with Gasteiger partial charge in [0.1, 0.15) is 11.3 Å². The van der Waals surface area contributed by atoms with Crippen molar-refractivity contribution in [3.05, 3.63) is 77.1 Å². The minimum atomic E-state index is -0.383. The Morgan fingerprint density at radius 1 is 1.11 bits per heavy atom. The summed E-state index contributed by atoms with van der Waals surface area (Å²) in [5.74, 6) is 1.62. The number of benzene rings is 1. The number of hydrogen-bond acceptors (Lipinski definition) is 9. The first kappa shape index (κ1) is 24.3. The van der Waals surface area contributed by atoms with Crippen LogP contribution in [0.15, 0.2) is 70.2 Å². The monoisotopic (exact) mass is 526 g/mol. The average molecular weight is 527 g/mol. The molecule has 0 atom stereocenters. The Balaban J connectivity index is 0.980. The summed E-state index contributed by atoms with van der Waals surface area (Å²) in [5.41, 5.74) is 3.45. The standard InChI is InChI=1S/C28H26N6O3S/c35-26-25(38-28(36)33-26)14-21-7-10-30-27(32-21)34-11-8-18(9-12-34)15-29-16-19-5-6-22(31-17-19)24-13-20-3-1-2-4-23(20)37-24/h1-7,10,13-14,17-18,29H,8-9,11-12,15-16H2,(H,33,35,36)/b25-14+. The number of para-hydroxylation sites is 1. The molecule has 1 aromatic carbocycles. The number of anilines is 1. The fourth-order valence-corrected chi connectivity index (χ4v) is 5.36. The van der Waals surface area contributed by atoms with Crippen molar-refractivity contribution in [2.75, 3.05) is 24.5 Å². The number of furan rings is 1. The summed E-state index contributed by atoms with van der Waals surface area (Å²) >= 11 is 0.889. The summed E-state index contributed by atoms with van der Waals surface area (Å²) < 4.78 is 5.92. The van der Waals surface area contributed by atoms with Crippen LogP contribution in [0, 0.1) is 5.92 Å². The van der Waals surface area contributed by atoms with E-state index in [1.807, 2.05) is 42.6 Å². The van der Waals surface area contributed by atoms with Gasteiger partial charge in [-0.1, -0.05) is 24.3 Å². The predicted octanol–water partition coefficient (Wildman–Crippen LogP) is 4.61. The van der Waals surface area contributed by atoms with E-state index in [9.17, 15) is 9.59 Å². The van der Waals surface area contributed by atoms with E-state index in [0.29, 0.717) is 22.5 Å². The molecule has 10 heteroatoms. The zero-order valence-corrected chi connectivity index (χ0v) is 21.4. The Kier molecular flexibility index (Phi) is 6.89. The second kappa shape index (κ2) is 10.8. The maximum absolute atomic E-state index is 11.8. The van der Waals surface area contributed by atoms with Gasteiger partial charge in [-0.2, -0.15) is 0 Å². The molecule has 2 saturated heterocycles. The van der Waals surface area contributed by atoms with Crippen molar-refractivity contribution in [2.24, 2.45) is 5.92 Å². The number of carbonyl (C=O) groups excluding carboxylic acids is 2. The number of pyridine rings is 1. The van der Waals surface area contributed by atoms with Gasteiger partial charge in [0.05, 0.1) is 10.6 Å². The van der Waals surface area contributed by atoms with Gasteiger partial charge in [0.2, 0.25) is 5.95 Å². The molecular weight excluding hydrogens is 500 g/mol. The molecule has 38 heavy (non-hydrogen) atoms. The molecule has 4 aromatic rings. The Hall–Kier alpha value is -4.02. The average Bonchev–Trinajstić information content (AvgIpc) is 3.51. The highest BCUT2D eigenvalue weighted by Crippen LogP contribution is 2.27. The van der Waals surface area contributed by atoms with E-state index in [1.54, 1.807) is 18.3 Å². The summed E-state index contributed by atoms with van der Waals surface area (Å²) in [7, 11) is 0. The molecule has 0 spiro atoms. The lowest BCUT2D eigenvalue weighted by molar-refractivity contribution is -0.115. The van der Waals surface area contributed by atoms with Gasteiger partial charge in [0, 0.05) is 37.4 Å². The molecule has 3 aromatic heterocycles. The number of aromatic nitrogens is 3. The Morgan fingerprint density at radius 3 is 2.74 bits per heavy atom. The first-order valence-electron chi connectivity index (χ1n) is 12.6. The van der Waals surface area contributed by atoms with Crippen LogP contribution in [0.25, 0.3) is 28.5 Å². The normalized spacial score (nSPS) is 17.5. The van der Waals surface area contributed by atoms with E-state index in [-0.39, 0.29) is 11.1 Å². The van der Waals surface area contributed by atoms with E-state index < -0.39 is 0 Å². The van der Waals surface area contributed by atoms with Crippen LogP contribution in [0.3, 0.4) is 0 Å². The van der Waals surface area contributed by atoms with Crippen molar-refractivity contribution < 1.29 is 14.0 Å². The van der Waals surface area contributed by atoms with Crippen molar-refractivity contribution in [3.63, 3.8) is 0 Å². The van der Waals surface area contributed by atoms with E-state index >= 15 is 0 Å². The van der Waals surface area contributed by atoms with Gasteiger partial charge in [-0.05, 0) is 73.0 Å². The molecule has 0 radical (unpaired) electrons. The molecule has 0 saturated carbocycles. The maximum atomic E-state index is 11.8. The van der Waals surface area contributed by atoms with E-state index in [1.165, 1.54) is 0 Å². The van der Waals surface area contributed by atoms with Gasteiger partial charge >= 0.3 is 0 Å². The molecule has 2 fully saturated rings. The molecule has 2 amide bonds. The molecular formula is C28H26N6O3S. The third-order valence-electron chi connectivity index (χ3n) is 6.75. The number of piperidine rings is 1. The third kappa shape index (κ3) is 5.46. The van der Waals surface area contributed by atoms with Gasteiger partial charge in [-0.15, -0.1) is 0 Å². The molecule has 2 aliphatic heterocycles. The number of rotatable bonds is 7. The van der Waals surface area contributed by atoms with Crippen LogP contribution >= 0.6 is 11.8 Å². The molecule has 5 heterocycles. The number of fused-ring (bicyclic) bond motifs is 1. The van der Waals surface area contributed by atoms with Crippen LogP contribution in [0.4, 0.5) is 10.7 Å². The first-order valence-corrected chi connectivity index (χ1v) is 13.4. The summed E-state index contributed by atoms with van der Waals surface area (Å²) in [6, 6.07) is 15.8. The number of nitrogens with one attached hydrogen (secondary N) is 2. The first-order chi connectivity index (χ1) is 18.6. The summed E-state index contributed by atoms with van der Waals surface area (Å²) in [5, 5.41) is 6.55. The van der Waals surface area contributed by atoms with Crippen LogP contribution in [0.2, 0.25) is 0 Å². The minimum absolute atomic E-state index is 0.351. The van der Waals surface area contributed by atoms with Crippen molar-refractivity contribution in [1.82, 2.24) is 25.6 Å². The molecule has 2 N–H and O–H groups in total. The highest BCUT2D eigenvalue weighted by atomic mass is 32.2. The highest BCUT2D eigenvalue weighted by Gasteiger charge is 2.25. The molecule has 2 aliphatic rings. The number of thioether (sulfide) groups is 1. The van der Waals surface area contributed by atoms with Crippen molar-refractivity contribution >= 4 is 45.9 Å². The van der Waals surface area contributed by atoms with E-state index in [4.69, 9.17) is 4.42 Å². The van der Waals surface area contributed by atoms with Crippen molar-refractivity contribution in [3.8, 4) is 11.5 Å². The fourth-order valence-electron chi connectivity index (χ4n) is 4.69. The molecule has 0 unspecified atom stereocenters. The van der Waals surface area contributed by atoms with Gasteiger partial charge < -0.3 is 14.6 Å². The fraction of sp³-hybridized carbons (Fsp3) is 0.250. The van der Waals surface area contributed by atoms with Crippen molar-refractivity contribution in [1.29, 1.82) is 0 Å². The lowest BCUT2D eigenvalue weighted by Crippen LogP contribution is -2.38. The molecule has 9 nitrogen and oxygen atoms in total. The van der Waals surface area contributed by atoms with E-state index in [0.717, 1.165) is 78.8 Å². The lowest BCUT2D eigenvalue weighted by Gasteiger charge is -2.32. The zero-order valence-electron chi connectivity index (χ0n) is 20.6. The van der Waals surface area contributed by atoms with Crippen LogP contribution in [0.1, 0.15) is 24.1 Å². The second-order valence-electron chi connectivity index (χ2n) is 9.40. The summed E-state index contributed by atoms with van der Waals surface area (Å²) in [6.45, 7) is 3.44. The van der Waals surface area contributed by atoms with E-state index in [2.05, 4.69) is 36.6 Å². The number of amides is 2. The number of imide groups is 1. The molecule has 0 bridgehead atoms. The third-order valence-corrected chi connectivity index (χ3v) is 7.56. The maximum Gasteiger partial charge on any atom is 0.290 e. The predicted molar refractivity (Wildman–Crippen MR) is 147 cm³/mol. The number of hydrogen-bond donors (Lipinski definition) is 2. The highest BCUT2D eigenvalue weighted by molar-refractivity contribution is 8.18. The molecule has 0 aliphatic carbocycles. The smallest absolute Gasteiger partial charge is 0.290 e. The Bertz CT molecular complexity index is 1480. The Morgan fingerprint density at radius 2 is 1.97 bits per heavy atom. The van der Waals surface area contributed by atoms with Gasteiger partial charge in [-0.25, -0.2) is 9.97 Å².